The Hall–Kier alpha value is -3.07. The van der Waals surface area contributed by atoms with Gasteiger partial charge in [-0.05, 0) is 23.6 Å². The van der Waals surface area contributed by atoms with Gasteiger partial charge in [0, 0.05) is 25.2 Å². The molecule has 0 unspecified atom stereocenters. The molecule has 0 saturated heterocycles. The largest absolute Gasteiger partial charge is 0.339 e. The minimum absolute atomic E-state index is 0.111. The van der Waals surface area contributed by atoms with Crippen molar-refractivity contribution in [2.45, 2.75) is 12.8 Å². The van der Waals surface area contributed by atoms with E-state index in [2.05, 4.69) is 26.0 Å². The van der Waals surface area contributed by atoms with E-state index < -0.39 is 5.91 Å². The van der Waals surface area contributed by atoms with Crippen LogP contribution < -0.4 is 10.9 Å². The molecule has 8 nitrogen and oxygen atoms in total. The molecule has 0 saturated carbocycles. The fourth-order valence-corrected chi connectivity index (χ4v) is 2.49. The van der Waals surface area contributed by atoms with Crippen LogP contribution in [0.3, 0.4) is 0 Å². The number of amides is 2. The van der Waals surface area contributed by atoms with Crippen LogP contribution in [0.5, 0.6) is 0 Å². The predicted molar refractivity (Wildman–Crippen MR) is 85.8 cm³/mol. The molecule has 3 aromatic heterocycles. The molecule has 2 N–H and O–H groups in total. The van der Waals surface area contributed by atoms with Crippen LogP contribution in [0.25, 0.3) is 10.7 Å². The number of thiophene rings is 1. The molecular formula is C15H13N5O3S. The minimum atomic E-state index is -0.436. The second kappa shape index (κ2) is 7.47. The molecular weight excluding hydrogens is 330 g/mol. The molecule has 3 rings (SSSR count). The topological polar surface area (TPSA) is 110 Å². The molecule has 122 valence electrons. The van der Waals surface area contributed by atoms with E-state index in [-0.39, 0.29) is 18.7 Å². The summed E-state index contributed by atoms with van der Waals surface area (Å²) in [5.74, 6) is 0.0785. The lowest BCUT2D eigenvalue weighted by Crippen LogP contribution is -2.41. The van der Waals surface area contributed by atoms with Gasteiger partial charge in [0.25, 0.3) is 5.91 Å². The van der Waals surface area contributed by atoms with Gasteiger partial charge in [-0.25, -0.2) is 0 Å². The second-order valence-electron chi connectivity index (χ2n) is 4.73. The number of hydrogen-bond donors (Lipinski definition) is 2. The molecule has 24 heavy (non-hydrogen) atoms. The van der Waals surface area contributed by atoms with Crippen molar-refractivity contribution >= 4 is 23.2 Å². The van der Waals surface area contributed by atoms with E-state index in [9.17, 15) is 9.59 Å². The summed E-state index contributed by atoms with van der Waals surface area (Å²) in [5, 5.41) is 5.79. The fraction of sp³-hybridized carbons (Fsp3) is 0.133. The van der Waals surface area contributed by atoms with Gasteiger partial charge in [-0.2, -0.15) is 4.98 Å². The monoisotopic (exact) mass is 343 g/mol. The molecule has 0 spiro atoms. The number of hydrogen-bond acceptors (Lipinski definition) is 7. The van der Waals surface area contributed by atoms with Crippen LogP contribution in [-0.4, -0.2) is 26.9 Å². The third kappa shape index (κ3) is 4.02. The smallest absolute Gasteiger partial charge is 0.271 e. The van der Waals surface area contributed by atoms with Crippen molar-refractivity contribution in [1.29, 1.82) is 0 Å². The van der Waals surface area contributed by atoms with E-state index in [0.29, 0.717) is 17.3 Å². The first-order valence-electron chi connectivity index (χ1n) is 7.08. The van der Waals surface area contributed by atoms with Crippen LogP contribution in [0.1, 0.15) is 22.7 Å². The third-order valence-corrected chi connectivity index (χ3v) is 3.88. The van der Waals surface area contributed by atoms with Crippen molar-refractivity contribution in [3.8, 4) is 10.7 Å². The predicted octanol–water partition coefficient (Wildman–Crippen LogP) is 1.59. The Morgan fingerprint density at radius 1 is 1.21 bits per heavy atom. The quantitative estimate of drug-likeness (QED) is 0.681. The number of hydrazine groups is 1. The van der Waals surface area contributed by atoms with Crippen molar-refractivity contribution in [1.82, 2.24) is 26.0 Å². The Balaban J connectivity index is 1.45. The van der Waals surface area contributed by atoms with Crippen molar-refractivity contribution in [2.75, 3.05) is 0 Å². The number of rotatable bonds is 5. The summed E-state index contributed by atoms with van der Waals surface area (Å²) in [6.07, 6.45) is 3.36. The van der Waals surface area contributed by atoms with Gasteiger partial charge in [-0.15, -0.1) is 11.3 Å². The molecule has 3 aromatic rings. The van der Waals surface area contributed by atoms with Gasteiger partial charge in [0.2, 0.25) is 17.6 Å². The maximum atomic E-state index is 11.8. The number of nitrogens with one attached hydrogen (secondary N) is 2. The van der Waals surface area contributed by atoms with Crippen molar-refractivity contribution < 1.29 is 14.1 Å². The first-order valence-corrected chi connectivity index (χ1v) is 7.96. The summed E-state index contributed by atoms with van der Waals surface area (Å²) in [4.78, 5) is 32.5. The Kier molecular flexibility index (Phi) is 4.92. The van der Waals surface area contributed by atoms with Crippen LogP contribution in [-0.2, 0) is 11.2 Å². The van der Waals surface area contributed by atoms with Crippen LogP contribution in [0.2, 0.25) is 0 Å². The number of carbonyl (C=O) groups excluding carboxylic acids is 2. The Morgan fingerprint density at radius 3 is 2.88 bits per heavy atom. The van der Waals surface area contributed by atoms with Crippen LogP contribution in [0.4, 0.5) is 0 Å². The minimum Gasteiger partial charge on any atom is -0.339 e. The number of aryl methyl sites for hydroxylation is 1. The van der Waals surface area contributed by atoms with Crippen LogP contribution in [0.15, 0.2) is 46.6 Å². The molecule has 0 radical (unpaired) electrons. The van der Waals surface area contributed by atoms with E-state index in [1.54, 1.807) is 18.3 Å². The maximum absolute atomic E-state index is 11.8. The highest BCUT2D eigenvalue weighted by atomic mass is 32.1. The van der Waals surface area contributed by atoms with Crippen LogP contribution in [0, 0.1) is 0 Å². The third-order valence-electron chi connectivity index (χ3n) is 3.01. The molecule has 0 aliphatic carbocycles. The standard InChI is InChI=1S/C15H13N5O3S/c21-12(18-19-15(22)10-3-1-7-16-9-10)5-6-13-17-14(20-23-13)11-4-2-8-24-11/h1-4,7-9H,5-6H2,(H,18,21)(H,19,22). The normalized spacial score (nSPS) is 10.3. The van der Waals surface area contributed by atoms with E-state index in [4.69, 9.17) is 4.52 Å². The number of carbonyl (C=O) groups is 2. The average Bonchev–Trinajstić information content (AvgIpc) is 3.29. The highest BCUT2D eigenvalue weighted by Gasteiger charge is 2.12. The Bertz CT molecular complexity index is 817. The maximum Gasteiger partial charge on any atom is 0.271 e. The summed E-state index contributed by atoms with van der Waals surface area (Å²) >= 11 is 1.51. The SMILES string of the molecule is O=C(CCc1nc(-c2cccs2)no1)NNC(=O)c1cccnc1. The zero-order chi connectivity index (χ0) is 16.8. The molecule has 0 aliphatic heterocycles. The Morgan fingerprint density at radius 2 is 2.12 bits per heavy atom. The molecule has 3 heterocycles. The van der Waals surface area contributed by atoms with Crippen LogP contribution >= 0.6 is 11.3 Å². The summed E-state index contributed by atoms with van der Waals surface area (Å²) < 4.78 is 5.10. The molecule has 0 aliphatic rings. The molecule has 0 bridgehead atoms. The highest BCUT2D eigenvalue weighted by Crippen LogP contribution is 2.21. The lowest BCUT2D eigenvalue weighted by Gasteiger charge is -2.06. The van der Waals surface area contributed by atoms with Crippen molar-refractivity contribution in [3.05, 3.63) is 53.5 Å². The van der Waals surface area contributed by atoms with E-state index in [0.717, 1.165) is 4.88 Å². The van der Waals surface area contributed by atoms with Gasteiger partial charge in [0.05, 0.1) is 10.4 Å². The Labute approximate surface area is 140 Å². The van der Waals surface area contributed by atoms with E-state index in [1.807, 2.05) is 17.5 Å². The summed E-state index contributed by atoms with van der Waals surface area (Å²) in [6, 6.07) is 7.02. The summed E-state index contributed by atoms with van der Waals surface area (Å²) in [7, 11) is 0. The highest BCUT2D eigenvalue weighted by molar-refractivity contribution is 7.13. The molecule has 2 amide bonds. The summed E-state index contributed by atoms with van der Waals surface area (Å²) in [5.41, 5.74) is 5.01. The fourth-order valence-electron chi connectivity index (χ4n) is 1.84. The first-order chi connectivity index (χ1) is 11.7. The molecule has 0 aromatic carbocycles. The second-order valence-corrected chi connectivity index (χ2v) is 5.68. The average molecular weight is 343 g/mol. The first kappa shape index (κ1) is 15.8. The van der Waals surface area contributed by atoms with E-state index >= 15 is 0 Å². The van der Waals surface area contributed by atoms with Gasteiger partial charge < -0.3 is 4.52 Å². The van der Waals surface area contributed by atoms with Gasteiger partial charge in [0.15, 0.2) is 0 Å². The lowest BCUT2D eigenvalue weighted by atomic mass is 10.3. The van der Waals surface area contributed by atoms with Crippen molar-refractivity contribution in [3.63, 3.8) is 0 Å². The number of aromatic nitrogens is 3. The van der Waals surface area contributed by atoms with Gasteiger partial charge in [0.1, 0.15) is 0 Å². The molecule has 9 heteroatoms. The lowest BCUT2D eigenvalue weighted by molar-refractivity contribution is -0.121. The summed E-state index contributed by atoms with van der Waals surface area (Å²) in [6.45, 7) is 0. The van der Waals surface area contributed by atoms with Gasteiger partial charge >= 0.3 is 0 Å². The van der Waals surface area contributed by atoms with Gasteiger partial charge in [-0.3, -0.25) is 25.4 Å². The molecule has 0 atom stereocenters. The number of pyridine rings is 1. The number of nitrogens with zero attached hydrogens (tertiary/aromatic N) is 3. The van der Waals surface area contributed by atoms with Crippen molar-refractivity contribution in [2.24, 2.45) is 0 Å². The zero-order valence-electron chi connectivity index (χ0n) is 12.4. The molecule has 0 fully saturated rings. The van der Waals surface area contributed by atoms with Gasteiger partial charge in [-0.1, -0.05) is 11.2 Å². The zero-order valence-corrected chi connectivity index (χ0v) is 13.2. The van der Waals surface area contributed by atoms with E-state index in [1.165, 1.54) is 17.5 Å².